The van der Waals surface area contributed by atoms with E-state index in [4.69, 9.17) is 21.6 Å². The Kier molecular flexibility index (Phi) is 6.13. The smallest absolute Gasteiger partial charge is 0.0645 e. The van der Waals surface area contributed by atoms with Crippen LogP contribution in [0.2, 0.25) is 5.02 Å². The van der Waals surface area contributed by atoms with E-state index in [-0.39, 0.29) is 0 Å². The summed E-state index contributed by atoms with van der Waals surface area (Å²) in [5.74, 6) is 0. The Labute approximate surface area is 125 Å². The van der Waals surface area contributed by atoms with Crippen molar-refractivity contribution < 1.29 is 4.74 Å². The highest BCUT2D eigenvalue weighted by molar-refractivity contribution is 6.30. The van der Waals surface area contributed by atoms with Crippen molar-refractivity contribution in [1.29, 1.82) is 5.26 Å². The van der Waals surface area contributed by atoms with E-state index in [9.17, 15) is 0 Å². The maximum atomic E-state index is 8.42. The molecule has 0 amide bonds. The molecule has 1 aliphatic rings. The Bertz CT molecular complexity index is 453. The Morgan fingerprint density at radius 3 is 2.70 bits per heavy atom. The van der Waals surface area contributed by atoms with Crippen molar-refractivity contribution in [2.75, 3.05) is 50.8 Å². The first kappa shape index (κ1) is 15.1. The van der Waals surface area contributed by atoms with E-state index in [1.54, 1.807) is 0 Å². The average molecular weight is 294 g/mol. The largest absolute Gasteiger partial charge is 0.379 e. The van der Waals surface area contributed by atoms with Gasteiger partial charge in [0.05, 0.1) is 25.7 Å². The van der Waals surface area contributed by atoms with Gasteiger partial charge in [-0.1, -0.05) is 17.7 Å². The number of hydrogen-bond acceptors (Lipinski definition) is 4. The molecule has 0 aliphatic carbocycles. The van der Waals surface area contributed by atoms with Gasteiger partial charge in [-0.05, 0) is 18.2 Å². The second-order valence-corrected chi connectivity index (χ2v) is 5.27. The van der Waals surface area contributed by atoms with Crippen LogP contribution in [-0.4, -0.2) is 50.8 Å². The molecule has 0 N–H and O–H groups in total. The van der Waals surface area contributed by atoms with E-state index in [2.05, 4.69) is 21.9 Å². The summed E-state index contributed by atoms with van der Waals surface area (Å²) in [6.45, 7) is 6.28. The first-order valence-electron chi connectivity index (χ1n) is 6.97. The summed E-state index contributed by atoms with van der Waals surface area (Å²) in [5.41, 5.74) is 1.20. The second-order valence-electron chi connectivity index (χ2n) is 4.83. The van der Waals surface area contributed by atoms with Gasteiger partial charge in [0, 0.05) is 43.4 Å². The predicted octanol–water partition coefficient (Wildman–Crippen LogP) is 2.39. The lowest BCUT2D eigenvalue weighted by Gasteiger charge is -2.36. The van der Waals surface area contributed by atoms with E-state index in [1.165, 1.54) is 5.69 Å². The Morgan fingerprint density at radius 1 is 1.20 bits per heavy atom. The van der Waals surface area contributed by atoms with E-state index in [0.29, 0.717) is 19.6 Å². The molecule has 1 heterocycles. The number of halogens is 1. The molecular weight excluding hydrogens is 274 g/mol. The molecule has 1 aromatic carbocycles. The van der Waals surface area contributed by atoms with Crippen molar-refractivity contribution in [3.05, 3.63) is 29.3 Å². The summed E-state index contributed by atoms with van der Waals surface area (Å²) in [5, 5.41) is 9.20. The lowest BCUT2D eigenvalue weighted by atomic mass is 10.2. The lowest BCUT2D eigenvalue weighted by Crippen LogP contribution is -2.47. The van der Waals surface area contributed by atoms with E-state index >= 15 is 0 Å². The predicted molar refractivity (Wildman–Crippen MR) is 81.2 cm³/mol. The van der Waals surface area contributed by atoms with Crippen molar-refractivity contribution in [3.63, 3.8) is 0 Å². The van der Waals surface area contributed by atoms with Crippen LogP contribution in [-0.2, 0) is 4.74 Å². The van der Waals surface area contributed by atoms with Gasteiger partial charge in [-0.25, -0.2) is 0 Å². The molecule has 0 radical (unpaired) electrons. The third-order valence-electron chi connectivity index (χ3n) is 3.46. The van der Waals surface area contributed by atoms with Crippen molar-refractivity contribution >= 4 is 17.3 Å². The molecule has 4 nitrogen and oxygen atoms in total. The maximum absolute atomic E-state index is 8.42. The summed E-state index contributed by atoms with van der Waals surface area (Å²) in [6, 6.07) is 10.1. The molecule has 108 valence electrons. The van der Waals surface area contributed by atoms with Crippen molar-refractivity contribution in [2.45, 2.75) is 6.42 Å². The molecular formula is C15H20ClN3O. The number of rotatable bonds is 6. The minimum Gasteiger partial charge on any atom is -0.379 e. The zero-order valence-corrected chi connectivity index (χ0v) is 12.4. The van der Waals surface area contributed by atoms with Crippen LogP contribution in [0.15, 0.2) is 24.3 Å². The number of ether oxygens (including phenoxy) is 1. The first-order valence-corrected chi connectivity index (χ1v) is 7.35. The quantitative estimate of drug-likeness (QED) is 0.755. The van der Waals surface area contributed by atoms with Crippen LogP contribution in [0.4, 0.5) is 5.69 Å². The highest BCUT2D eigenvalue weighted by Gasteiger charge is 2.16. The van der Waals surface area contributed by atoms with Crippen LogP contribution in [0.3, 0.4) is 0 Å². The zero-order valence-electron chi connectivity index (χ0n) is 11.6. The molecule has 1 fully saturated rings. The third-order valence-corrected chi connectivity index (χ3v) is 3.69. The molecule has 1 aliphatic heterocycles. The minimum absolute atomic E-state index is 0.475. The lowest BCUT2D eigenvalue weighted by molar-refractivity contribution is 0.105. The number of benzene rings is 1. The van der Waals surface area contributed by atoms with Gasteiger partial charge < -0.3 is 9.64 Å². The van der Waals surface area contributed by atoms with Crippen LogP contribution in [0, 0.1) is 11.3 Å². The van der Waals surface area contributed by atoms with E-state index in [0.717, 1.165) is 37.7 Å². The fourth-order valence-electron chi connectivity index (χ4n) is 2.32. The van der Waals surface area contributed by atoms with Crippen molar-refractivity contribution in [3.8, 4) is 6.07 Å². The Balaban J connectivity index is 1.69. The van der Waals surface area contributed by atoms with Gasteiger partial charge in [-0.15, -0.1) is 0 Å². The maximum Gasteiger partial charge on any atom is 0.0645 e. The van der Waals surface area contributed by atoms with Gasteiger partial charge in [0.1, 0.15) is 0 Å². The Hall–Kier alpha value is -1.28. The van der Waals surface area contributed by atoms with Crippen LogP contribution in [0.25, 0.3) is 0 Å². The molecule has 0 unspecified atom stereocenters. The summed E-state index contributed by atoms with van der Waals surface area (Å²) in [6.07, 6.45) is 0.475. The van der Waals surface area contributed by atoms with Gasteiger partial charge >= 0.3 is 0 Å². The summed E-state index contributed by atoms with van der Waals surface area (Å²) in [4.78, 5) is 4.76. The number of anilines is 1. The molecule has 2 rings (SSSR count). The van der Waals surface area contributed by atoms with E-state index in [1.807, 2.05) is 18.2 Å². The summed E-state index contributed by atoms with van der Waals surface area (Å²) in [7, 11) is 0. The second kappa shape index (κ2) is 8.11. The minimum atomic E-state index is 0.475. The van der Waals surface area contributed by atoms with Gasteiger partial charge in [0.2, 0.25) is 0 Å². The van der Waals surface area contributed by atoms with Crippen molar-refractivity contribution in [2.24, 2.45) is 0 Å². The molecule has 5 heteroatoms. The monoisotopic (exact) mass is 293 g/mol. The normalized spacial score (nSPS) is 16.1. The standard InChI is InChI=1S/C15H20ClN3O/c16-14-3-1-4-15(13-14)19-8-6-18(7-9-19)10-12-20-11-2-5-17/h1,3-4,13H,2,6-12H2. The van der Waals surface area contributed by atoms with Crippen LogP contribution < -0.4 is 4.90 Å². The molecule has 1 saturated heterocycles. The first-order chi connectivity index (χ1) is 9.79. The average Bonchev–Trinajstić information content (AvgIpc) is 2.48. The number of nitrogens with zero attached hydrogens (tertiary/aromatic N) is 3. The molecule has 0 bridgehead atoms. The molecule has 0 spiro atoms. The highest BCUT2D eigenvalue weighted by atomic mass is 35.5. The van der Waals surface area contributed by atoms with Gasteiger partial charge in [-0.2, -0.15) is 5.26 Å². The number of nitriles is 1. The number of piperazine rings is 1. The third kappa shape index (κ3) is 4.68. The summed E-state index contributed by atoms with van der Waals surface area (Å²) < 4.78 is 5.41. The van der Waals surface area contributed by atoms with Crippen LogP contribution in [0.1, 0.15) is 6.42 Å². The molecule has 1 aromatic rings. The van der Waals surface area contributed by atoms with Gasteiger partial charge in [0.15, 0.2) is 0 Å². The van der Waals surface area contributed by atoms with E-state index < -0.39 is 0 Å². The fraction of sp³-hybridized carbons (Fsp3) is 0.533. The molecule has 0 aromatic heterocycles. The molecule has 20 heavy (non-hydrogen) atoms. The molecule has 0 saturated carbocycles. The Morgan fingerprint density at radius 2 is 2.00 bits per heavy atom. The SMILES string of the molecule is N#CCCOCCN1CCN(c2cccc(Cl)c2)CC1. The van der Waals surface area contributed by atoms with Crippen LogP contribution >= 0.6 is 11.6 Å². The zero-order chi connectivity index (χ0) is 14.2. The topological polar surface area (TPSA) is 39.5 Å². The van der Waals surface area contributed by atoms with Gasteiger partial charge in [0.25, 0.3) is 0 Å². The fourth-order valence-corrected chi connectivity index (χ4v) is 2.50. The number of hydrogen-bond donors (Lipinski definition) is 0. The van der Waals surface area contributed by atoms with Gasteiger partial charge in [-0.3, -0.25) is 4.90 Å². The summed E-state index contributed by atoms with van der Waals surface area (Å²) >= 11 is 6.03. The van der Waals surface area contributed by atoms with Crippen molar-refractivity contribution in [1.82, 2.24) is 4.90 Å². The van der Waals surface area contributed by atoms with Crippen LogP contribution in [0.5, 0.6) is 0 Å². The highest BCUT2D eigenvalue weighted by Crippen LogP contribution is 2.20. The molecule has 0 atom stereocenters.